The molecule has 0 saturated heterocycles. The second-order valence-electron chi connectivity index (χ2n) is 9.82. The SMILES string of the molecule is CCCCCCCCCCCCCCCCCCC(CCC(=O)OCCCC)N(C)C. The van der Waals surface area contributed by atoms with Gasteiger partial charge < -0.3 is 9.64 Å². The van der Waals surface area contributed by atoms with Crippen LogP contribution in [0.2, 0.25) is 0 Å². The van der Waals surface area contributed by atoms with E-state index in [4.69, 9.17) is 4.74 Å². The molecule has 0 aliphatic rings. The van der Waals surface area contributed by atoms with Crippen LogP contribution in [-0.4, -0.2) is 37.6 Å². The Kier molecular flexibility index (Phi) is 23.6. The minimum atomic E-state index is -0.0210. The van der Waals surface area contributed by atoms with Crippen molar-refractivity contribution < 1.29 is 9.53 Å². The molecule has 0 amide bonds. The fourth-order valence-corrected chi connectivity index (χ4v) is 4.28. The van der Waals surface area contributed by atoms with E-state index in [1.54, 1.807) is 0 Å². The van der Waals surface area contributed by atoms with Crippen molar-refractivity contribution in [3.63, 3.8) is 0 Å². The van der Waals surface area contributed by atoms with Gasteiger partial charge in [-0.25, -0.2) is 0 Å². The Hall–Kier alpha value is -0.570. The van der Waals surface area contributed by atoms with Crippen LogP contribution < -0.4 is 0 Å². The van der Waals surface area contributed by atoms with Gasteiger partial charge in [0.15, 0.2) is 0 Å². The molecule has 0 aliphatic heterocycles. The van der Waals surface area contributed by atoms with E-state index in [0.717, 1.165) is 19.3 Å². The summed E-state index contributed by atoms with van der Waals surface area (Å²) in [7, 11) is 4.28. The molecule has 0 rings (SSSR count). The topological polar surface area (TPSA) is 29.5 Å². The number of carbonyl (C=O) groups excluding carboxylic acids is 1. The van der Waals surface area contributed by atoms with Crippen molar-refractivity contribution in [1.82, 2.24) is 4.90 Å². The van der Waals surface area contributed by atoms with E-state index in [1.807, 2.05) is 0 Å². The summed E-state index contributed by atoms with van der Waals surface area (Å²) < 4.78 is 5.29. The quantitative estimate of drug-likeness (QED) is 0.111. The van der Waals surface area contributed by atoms with E-state index in [0.29, 0.717) is 19.1 Å². The van der Waals surface area contributed by atoms with Crippen molar-refractivity contribution in [2.45, 2.75) is 155 Å². The Balaban J connectivity index is 3.45. The molecule has 0 aromatic rings. The van der Waals surface area contributed by atoms with E-state index in [1.165, 1.54) is 109 Å². The van der Waals surface area contributed by atoms with Crippen molar-refractivity contribution in [3.05, 3.63) is 0 Å². The standard InChI is InChI=1S/C28H57NO2/c1-5-7-9-10-11-12-13-14-15-16-17-18-19-20-21-22-23-27(29(3)4)24-25-28(30)31-26-8-6-2/h27H,5-26H2,1-4H3. The summed E-state index contributed by atoms with van der Waals surface area (Å²) >= 11 is 0. The fourth-order valence-electron chi connectivity index (χ4n) is 4.28. The molecular weight excluding hydrogens is 382 g/mol. The van der Waals surface area contributed by atoms with Crippen LogP contribution in [0.4, 0.5) is 0 Å². The van der Waals surface area contributed by atoms with Gasteiger partial charge in [-0.15, -0.1) is 0 Å². The lowest BCUT2D eigenvalue weighted by Gasteiger charge is -2.24. The number of ether oxygens (including phenoxy) is 1. The van der Waals surface area contributed by atoms with Crippen LogP contribution in [0.25, 0.3) is 0 Å². The molecule has 1 unspecified atom stereocenters. The molecule has 0 saturated carbocycles. The predicted octanol–water partition coefficient (Wildman–Crippen LogP) is 8.69. The second kappa shape index (κ2) is 24.1. The minimum Gasteiger partial charge on any atom is -0.466 e. The van der Waals surface area contributed by atoms with E-state index >= 15 is 0 Å². The molecule has 1 atom stereocenters. The Labute approximate surface area is 196 Å². The summed E-state index contributed by atoms with van der Waals surface area (Å²) in [5.74, 6) is -0.0210. The number of hydrogen-bond donors (Lipinski definition) is 0. The number of rotatable bonds is 24. The second-order valence-corrected chi connectivity index (χ2v) is 9.82. The van der Waals surface area contributed by atoms with Gasteiger partial charge in [0.25, 0.3) is 0 Å². The summed E-state index contributed by atoms with van der Waals surface area (Å²) in [6.45, 7) is 4.99. The number of esters is 1. The Bertz CT molecular complexity index is 370. The molecule has 0 N–H and O–H groups in total. The highest BCUT2D eigenvalue weighted by atomic mass is 16.5. The normalized spacial score (nSPS) is 12.4. The number of hydrogen-bond acceptors (Lipinski definition) is 3. The van der Waals surface area contributed by atoms with Gasteiger partial charge in [-0.3, -0.25) is 4.79 Å². The van der Waals surface area contributed by atoms with E-state index in [-0.39, 0.29) is 5.97 Å². The lowest BCUT2D eigenvalue weighted by Crippen LogP contribution is -2.28. The van der Waals surface area contributed by atoms with Gasteiger partial charge in [0.05, 0.1) is 6.61 Å². The minimum absolute atomic E-state index is 0.0210. The summed E-state index contributed by atoms with van der Waals surface area (Å²) in [4.78, 5) is 14.1. The first-order chi connectivity index (χ1) is 15.1. The Morgan fingerprint density at radius 2 is 1.03 bits per heavy atom. The maximum atomic E-state index is 11.8. The third-order valence-corrected chi connectivity index (χ3v) is 6.56. The van der Waals surface area contributed by atoms with Crippen molar-refractivity contribution >= 4 is 5.97 Å². The van der Waals surface area contributed by atoms with Gasteiger partial charge in [0.1, 0.15) is 0 Å². The zero-order chi connectivity index (χ0) is 23.0. The maximum Gasteiger partial charge on any atom is 0.305 e. The maximum absolute atomic E-state index is 11.8. The van der Waals surface area contributed by atoms with Gasteiger partial charge in [-0.1, -0.05) is 123 Å². The first kappa shape index (κ1) is 30.4. The third-order valence-electron chi connectivity index (χ3n) is 6.56. The Morgan fingerprint density at radius 3 is 1.45 bits per heavy atom. The molecule has 0 radical (unpaired) electrons. The molecule has 0 aromatic carbocycles. The molecule has 0 aliphatic carbocycles. The van der Waals surface area contributed by atoms with E-state index in [2.05, 4.69) is 32.8 Å². The lowest BCUT2D eigenvalue weighted by molar-refractivity contribution is -0.144. The van der Waals surface area contributed by atoms with Crippen LogP contribution in [0.15, 0.2) is 0 Å². The van der Waals surface area contributed by atoms with Crippen LogP contribution in [0.5, 0.6) is 0 Å². The first-order valence-corrected chi connectivity index (χ1v) is 13.9. The summed E-state index contributed by atoms with van der Waals surface area (Å²) in [5, 5.41) is 0. The van der Waals surface area contributed by atoms with Crippen LogP contribution in [0, 0.1) is 0 Å². The van der Waals surface area contributed by atoms with Crippen LogP contribution in [-0.2, 0) is 9.53 Å². The number of carbonyl (C=O) groups is 1. The monoisotopic (exact) mass is 439 g/mol. The fraction of sp³-hybridized carbons (Fsp3) is 0.964. The smallest absolute Gasteiger partial charge is 0.305 e. The van der Waals surface area contributed by atoms with Crippen LogP contribution in [0.1, 0.15) is 149 Å². The average Bonchev–Trinajstić information content (AvgIpc) is 2.75. The summed E-state index contributed by atoms with van der Waals surface area (Å²) in [6.07, 6.45) is 27.3. The summed E-state index contributed by atoms with van der Waals surface area (Å²) in [5.41, 5.74) is 0. The summed E-state index contributed by atoms with van der Waals surface area (Å²) in [6, 6.07) is 0.505. The third kappa shape index (κ3) is 22.4. The van der Waals surface area contributed by atoms with Gasteiger partial charge in [-0.05, 0) is 33.4 Å². The zero-order valence-electron chi connectivity index (χ0n) is 21.9. The van der Waals surface area contributed by atoms with Crippen molar-refractivity contribution in [1.29, 1.82) is 0 Å². The molecule has 186 valence electrons. The molecular formula is C28H57NO2. The van der Waals surface area contributed by atoms with E-state index in [9.17, 15) is 4.79 Å². The van der Waals surface area contributed by atoms with Gasteiger partial charge in [-0.2, -0.15) is 0 Å². The first-order valence-electron chi connectivity index (χ1n) is 13.9. The largest absolute Gasteiger partial charge is 0.466 e. The molecule has 3 nitrogen and oxygen atoms in total. The highest BCUT2D eigenvalue weighted by Crippen LogP contribution is 2.16. The molecule has 0 aromatic heterocycles. The lowest BCUT2D eigenvalue weighted by atomic mass is 10.0. The van der Waals surface area contributed by atoms with Crippen LogP contribution in [0.3, 0.4) is 0 Å². The van der Waals surface area contributed by atoms with Gasteiger partial charge in [0, 0.05) is 12.5 Å². The molecule has 0 fully saturated rings. The van der Waals surface area contributed by atoms with Crippen molar-refractivity contribution in [3.8, 4) is 0 Å². The molecule has 31 heavy (non-hydrogen) atoms. The number of unbranched alkanes of at least 4 members (excludes halogenated alkanes) is 16. The molecule has 0 spiro atoms. The van der Waals surface area contributed by atoms with Crippen molar-refractivity contribution in [2.75, 3.05) is 20.7 Å². The van der Waals surface area contributed by atoms with Gasteiger partial charge in [0.2, 0.25) is 0 Å². The molecule has 3 heteroatoms. The molecule has 0 heterocycles. The highest BCUT2D eigenvalue weighted by Gasteiger charge is 2.14. The Morgan fingerprint density at radius 1 is 0.613 bits per heavy atom. The highest BCUT2D eigenvalue weighted by molar-refractivity contribution is 5.69. The van der Waals surface area contributed by atoms with Crippen molar-refractivity contribution in [2.24, 2.45) is 0 Å². The van der Waals surface area contributed by atoms with Crippen LogP contribution >= 0.6 is 0 Å². The zero-order valence-corrected chi connectivity index (χ0v) is 21.9. The average molecular weight is 440 g/mol. The number of nitrogens with zero attached hydrogens (tertiary/aromatic N) is 1. The van der Waals surface area contributed by atoms with Gasteiger partial charge >= 0.3 is 5.97 Å². The predicted molar refractivity (Wildman–Crippen MR) is 137 cm³/mol. The van der Waals surface area contributed by atoms with E-state index < -0.39 is 0 Å². The molecule has 0 bridgehead atoms.